The van der Waals surface area contributed by atoms with Crippen molar-refractivity contribution in [2.24, 2.45) is 4.99 Å². The van der Waals surface area contributed by atoms with Crippen LogP contribution in [0.5, 0.6) is 0 Å². The smallest absolute Gasteiger partial charge is 0.0773 e. The minimum Gasteiger partial charge on any atom is -0.247 e. The van der Waals surface area contributed by atoms with E-state index in [1.807, 2.05) is 0 Å². The number of nitrogens with zero attached hydrogens (tertiary/aromatic N) is 1. The van der Waals surface area contributed by atoms with Crippen LogP contribution in [0.25, 0.3) is 0 Å². The van der Waals surface area contributed by atoms with Gasteiger partial charge in [0.25, 0.3) is 0 Å². The second-order valence-corrected chi connectivity index (χ2v) is 5.78. The maximum atomic E-state index is 4.65. The van der Waals surface area contributed by atoms with Gasteiger partial charge >= 0.3 is 0 Å². The van der Waals surface area contributed by atoms with Gasteiger partial charge in [0.2, 0.25) is 0 Å². The van der Waals surface area contributed by atoms with E-state index < -0.39 is 0 Å². The Balaban J connectivity index is 3.01. The zero-order chi connectivity index (χ0) is 15.0. The summed E-state index contributed by atoms with van der Waals surface area (Å²) in [7, 11) is 0. The summed E-state index contributed by atoms with van der Waals surface area (Å²) in [5.74, 6) is 7.17. The first kappa shape index (κ1) is 16.5. The molecular weight excluding hydrogens is 242 g/mol. The maximum absolute atomic E-state index is 4.65. The van der Waals surface area contributed by atoms with Crippen LogP contribution in [0.3, 0.4) is 0 Å². The molecule has 0 N–H and O–H groups in total. The van der Waals surface area contributed by atoms with Crippen LogP contribution in [0.2, 0.25) is 0 Å². The van der Waals surface area contributed by atoms with E-state index in [-0.39, 0.29) is 0 Å². The van der Waals surface area contributed by atoms with E-state index in [0.29, 0.717) is 11.8 Å². The molecule has 0 radical (unpaired) electrons. The summed E-state index contributed by atoms with van der Waals surface area (Å²) in [4.78, 5) is 4.65. The molecule has 1 nitrogen and oxygen atoms in total. The van der Waals surface area contributed by atoms with Crippen molar-refractivity contribution in [3.63, 3.8) is 0 Å². The van der Waals surface area contributed by atoms with E-state index >= 15 is 0 Å². The third-order valence-electron chi connectivity index (χ3n) is 3.36. The summed E-state index contributed by atoms with van der Waals surface area (Å²) in [6, 6.07) is 6.48. The number of hydrogen-bond donors (Lipinski definition) is 0. The Morgan fingerprint density at radius 2 is 1.70 bits per heavy atom. The van der Waals surface area contributed by atoms with Crippen molar-refractivity contribution >= 4 is 11.9 Å². The van der Waals surface area contributed by atoms with E-state index in [9.17, 15) is 0 Å². The van der Waals surface area contributed by atoms with Crippen LogP contribution in [0, 0.1) is 11.8 Å². The molecule has 20 heavy (non-hydrogen) atoms. The fourth-order valence-corrected chi connectivity index (χ4v) is 2.14. The molecule has 0 atom stereocenters. The van der Waals surface area contributed by atoms with Crippen LogP contribution >= 0.6 is 0 Å². The van der Waals surface area contributed by atoms with Gasteiger partial charge in [0.15, 0.2) is 0 Å². The maximum Gasteiger partial charge on any atom is 0.0773 e. The van der Waals surface area contributed by atoms with Crippen LogP contribution in [0.1, 0.15) is 76.8 Å². The standard InChI is InChI=1S/C19H27N/c1-6-7-8-9-10-14-20-19-17(15(2)3)12-11-13-18(19)16(4)5/h11-16H,6-8H2,1-5H3. The molecule has 1 rings (SSSR count). The topological polar surface area (TPSA) is 12.4 Å². The molecule has 1 heteroatoms. The Bertz CT molecular complexity index is 472. The average molecular weight is 269 g/mol. The first-order valence-electron chi connectivity index (χ1n) is 7.71. The monoisotopic (exact) mass is 269 g/mol. The molecule has 0 amide bonds. The average Bonchev–Trinajstić information content (AvgIpc) is 2.42. The molecule has 0 bridgehead atoms. The first-order chi connectivity index (χ1) is 9.57. The van der Waals surface area contributed by atoms with Gasteiger partial charge in [-0.25, -0.2) is 4.99 Å². The predicted molar refractivity (Wildman–Crippen MR) is 90.1 cm³/mol. The number of para-hydroxylation sites is 1. The summed E-state index contributed by atoms with van der Waals surface area (Å²) >= 11 is 0. The molecule has 0 aliphatic carbocycles. The number of unbranched alkanes of at least 4 members (excludes halogenated alkanes) is 2. The van der Waals surface area contributed by atoms with Gasteiger partial charge in [-0.2, -0.15) is 0 Å². The van der Waals surface area contributed by atoms with Gasteiger partial charge in [0, 0.05) is 6.42 Å². The number of benzene rings is 1. The third kappa shape index (κ3) is 4.85. The molecule has 0 unspecified atom stereocenters. The van der Waals surface area contributed by atoms with Gasteiger partial charge in [-0.3, -0.25) is 0 Å². The molecule has 1 aromatic rings. The lowest BCUT2D eigenvalue weighted by Crippen LogP contribution is -1.95. The molecule has 0 aromatic heterocycles. The van der Waals surface area contributed by atoms with E-state index in [0.717, 1.165) is 12.1 Å². The van der Waals surface area contributed by atoms with Gasteiger partial charge in [-0.15, -0.1) is 0 Å². The molecule has 0 fully saturated rings. The summed E-state index contributed by atoms with van der Waals surface area (Å²) in [5, 5.41) is 0. The Morgan fingerprint density at radius 1 is 1.10 bits per heavy atom. The van der Waals surface area contributed by atoms with Crippen LogP contribution in [0.15, 0.2) is 23.2 Å². The molecule has 0 aliphatic heterocycles. The summed E-state index contributed by atoms with van der Waals surface area (Å²) in [6.45, 7) is 11.0. The van der Waals surface area contributed by atoms with Crippen molar-refractivity contribution in [2.45, 2.75) is 65.7 Å². The van der Waals surface area contributed by atoms with Crippen LogP contribution in [0.4, 0.5) is 5.69 Å². The Hall–Kier alpha value is -1.55. The van der Waals surface area contributed by atoms with E-state index in [4.69, 9.17) is 0 Å². The summed E-state index contributed by atoms with van der Waals surface area (Å²) in [5.41, 5.74) is 3.73. The van der Waals surface area contributed by atoms with Gasteiger partial charge < -0.3 is 0 Å². The zero-order valence-corrected chi connectivity index (χ0v) is 13.5. The second-order valence-electron chi connectivity index (χ2n) is 5.78. The highest BCUT2D eigenvalue weighted by atomic mass is 14.7. The second kappa shape index (κ2) is 8.59. The third-order valence-corrected chi connectivity index (χ3v) is 3.36. The molecule has 0 saturated heterocycles. The van der Waals surface area contributed by atoms with E-state index in [1.54, 1.807) is 6.21 Å². The molecule has 0 aliphatic rings. The number of hydrogen-bond acceptors (Lipinski definition) is 1. The summed E-state index contributed by atoms with van der Waals surface area (Å²) in [6.07, 6.45) is 5.09. The number of aliphatic imine (C=N–C) groups is 1. The van der Waals surface area contributed by atoms with Crippen molar-refractivity contribution in [1.82, 2.24) is 0 Å². The minimum atomic E-state index is 0.480. The fraction of sp³-hybridized carbons (Fsp3) is 0.526. The van der Waals surface area contributed by atoms with Gasteiger partial charge in [0.1, 0.15) is 0 Å². The largest absolute Gasteiger partial charge is 0.247 e. The van der Waals surface area contributed by atoms with Gasteiger partial charge in [0.05, 0.1) is 11.9 Å². The normalized spacial score (nSPS) is 11.2. The van der Waals surface area contributed by atoms with Gasteiger partial charge in [-0.1, -0.05) is 71.1 Å². The first-order valence-corrected chi connectivity index (χ1v) is 7.71. The predicted octanol–water partition coefficient (Wildman–Crippen LogP) is 5.83. The molecule has 1 aromatic carbocycles. The highest BCUT2D eigenvalue weighted by molar-refractivity contribution is 5.82. The lowest BCUT2D eigenvalue weighted by Gasteiger charge is -2.15. The lowest BCUT2D eigenvalue weighted by molar-refractivity contribution is 0.828. The van der Waals surface area contributed by atoms with Gasteiger partial charge in [-0.05, 0) is 29.4 Å². The molecule has 0 saturated carbocycles. The Kier molecular flexibility index (Phi) is 7.09. The number of rotatable bonds is 5. The Morgan fingerprint density at radius 3 is 2.20 bits per heavy atom. The van der Waals surface area contributed by atoms with Crippen LogP contribution in [-0.2, 0) is 0 Å². The minimum absolute atomic E-state index is 0.480. The highest BCUT2D eigenvalue weighted by Crippen LogP contribution is 2.34. The molecular formula is C19H27N. The molecule has 108 valence electrons. The highest BCUT2D eigenvalue weighted by Gasteiger charge is 2.12. The summed E-state index contributed by atoms with van der Waals surface area (Å²) < 4.78 is 0. The fourth-order valence-electron chi connectivity index (χ4n) is 2.14. The van der Waals surface area contributed by atoms with Crippen molar-refractivity contribution in [3.05, 3.63) is 29.3 Å². The van der Waals surface area contributed by atoms with E-state index in [2.05, 4.69) is 69.7 Å². The van der Waals surface area contributed by atoms with Crippen LogP contribution in [-0.4, -0.2) is 6.21 Å². The molecule has 0 heterocycles. The van der Waals surface area contributed by atoms with Crippen molar-refractivity contribution in [1.29, 1.82) is 0 Å². The quantitative estimate of drug-likeness (QED) is 0.362. The Labute approximate surface area is 124 Å². The van der Waals surface area contributed by atoms with Crippen LogP contribution < -0.4 is 0 Å². The lowest BCUT2D eigenvalue weighted by atomic mass is 9.93. The molecule has 0 spiro atoms. The zero-order valence-electron chi connectivity index (χ0n) is 13.5. The van der Waals surface area contributed by atoms with Crippen molar-refractivity contribution in [2.75, 3.05) is 0 Å². The SMILES string of the molecule is CCCCC#CC=Nc1c(C(C)C)cccc1C(C)C. The van der Waals surface area contributed by atoms with Crippen molar-refractivity contribution < 1.29 is 0 Å². The van der Waals surface area contributed by atoms with E-state index in [1.165, 1.54) is 24.0 Å². The van der Waals surface area contributed by atoms with Crippen molar-refractivity contribution in [3.8, 4) is 11.8 Å².